The van der Waals surface area contributed by atoms with Gasteiger partial charge in [0.25, 0.3) is 0 Å². The largest absolute Gasteiger partial charge is 0.288 e. The quantitative estimate of drug-likeness (QED) is 0.408. The van der Waals surface area contributed by atoms with Crippen molar-refractivity contribution in [1.82, 2.24) is 5.32 Å². The molecule has 0 amide bonds. The number of hydrogen-bond acceptors (Lipinski definition) is 1. The lowest BCUT2D eigenvalue weighted by atomic mass is 10.3. The highest BCUT2D eigenvalue weighted by molar-refractivity contribution is 4.64. The molecule has 0 bridgehead atoms. The third-order valence-corrected chi connectivity index (χ3v) is 0.764. The molecule has 1 N–H and O–H groups in total. The molecule has 1 nitrogen and oxygen atoms in total. The first-order valence-corrected chi connectivity index (χ1v) is 1.77. The van der Waals surface area contributed by atoms with Crippen molar-refractivity contribution < 1.29 is 4.39 Å². The van der Waals surface area contributed by atoms with Gasteiger partial charge in [0, 0.05) is 13.0 Å². The van der Waals surface area contributed by atoms with E-state index < -0.39 is 6.30 Å². The molecule has 30 valence electrons. The molecule has 0 aliphatic carbocycles. The van der Waals surface area contributed by atoms with Crippen LogP contribution >= 0.6 is 0 Å². The van der Waals surface area contributed by atoms with Crippen molar-refractivity contribution in [3.05, 3.63) is 0 Å². The van der Waals surface area contributed by atoms with Gasteiger partial charge in [-0.1, -0.05) is 0 Å². The van der Waals surface area contributed by atoms with E-state index >= 15 is 0 Å². The first-order valence-electron chi connectivity index (χ1n) is 1.77. The fourth-order valence-electron chi connectivity index (χ4n) is 0.253. The third kappa shape index (κ3) is 0.401. The highest BCUT2D eigenvalue weighted by Crippen LogP contribution is 1.99. The second-order valence-electron chi connectivity index (χ2n) is 1.21. The van der Waals surface area contributed by atoms with E-state index in [2.05, 4.69) is 5.32 Å². The van der Waals surface area contributed by atoms with E-state index in [0.717, 1.165) is 6.54 Å². The van der Waals surface area contributed by atoms with Crippen LogP contribution in [0.3, 0.4) is 0 Å². The lowest BCUT2D eigenvalue weighted by molar-refractivity contribution is 0.184. The van der Waals surface area contributed by atoms with E-state index in [1.54, 1.807) is 0 Å². The molecule has 0 aromatic heterocycles. The summed E-state index contributed by atoms with van der Waals surface area (Å²) in [5.41, 5.74) is 0. The molecule has 1 aliphatic rings. The molecule has 0 aromatic rings. The number of halogens is 1. The SMILES string of the molecule is F[C@@H]1CCN1. The van der Waals surface area contributed by atoms with Crippen molar-refractivity contribution in [3.63, 3.8) is 0 Å². The fourth-order valence-corrected chi connectivity index (χ4v) is 0.253. The summed E-state index contributed by atoms with van der Waals surface area (Å²) in [5, 5.41) is 2.54. The summed E-state index contributed by atoms with van der Waals surface area (Å²) in [6, 6.07) is 0. The van der Waals surface area contributed by atoms with Gasteiger partial charge in [0.1, 0.15) is 0 Å². The topological polar surface area (TPSA) is 12.0 Å². The van der Waals surface area contributed by atoms with E-state index in [4.69, 9.17) is 0 Å². The van der Waals surface area contributed by atoms with Gasteiger partial charge in [0.15, 0.2) is 6.30 Å². The molecule has 2 heteroatoms. The van der Waals surface area contributed by atoms with Crippen LogP contribution in [0.15, 0.2) is 0 Å². The van der Waals surface area contributed by atoms with E-state index in [0.29, 0.717) is 6.42 Å². The first kappa shape index (κ1) is 3.09. The molecular formula is C3H6FN. The third-order valence-electron chi connectivity index (χ3n) is 0.764. The first-order chi connectivity index (χ1) is 2.39. The van der Waals surface area contributed by atoms with Crippen molar-refractivity contribution in [2.75, 3.05) is 6.54 Å². The van der Waals surface area contributed by atoms with Gasteiger partial charge in [0.05, 0.1) is 0 Å². The Morgan fingerprint density at radius 2 is 2.20 bits per heavy atom. The second-order valence-corrected chi connectivity index (χ2v) is 1.21. The van der Waals surface area contributed by atoms with Gasteiger partial charge < -0.3 is 0 Å². The van der Waals surface area contributed by atoms with Crippen LogP contribution in [0.2, 0.25) is 0 Å². The Hall–Kier alpha value is -0.110. The summed E-state index contributed by atoms with van der Waals surface area (Å²) in [7, 11) is 0. The van der Waals surface area contributed by atoms with Crippen molar-refractivity contribution in [2.24, 2.45) is 0 Å². The zero-order chi connectivity index (χ0) is 3.70. The minimum absolute atomic E-state index is 0.685. The van der Waals surface area contributed by atoms with Crippen LogP contribution in [0.1, 0.15) is 6.42 Å². The van der Waals surface area contributed by atoms with Crippen molar-refractivity contribution in [2.45, 2.75) is 12.7 Å². The summed E-state index contributed by atoms with van der Waals surface area (Å²) in [6.45, 7) is 0.862. The van der Waals surface area contributed by atoms with Crippen molar-refractivity contribution >= 4 is 0 Å². The van der Waals surface area contributed by atoms with E-state index in [-0.39, 0.29) is 0 Å². The molecule has 0 spiro atoms. The summed E-state index contributed by atoms with van der Waals surface area (Å²) in [6.07, 6.45) is 0.0231. The zero-order valence-electron chi connectivity index (χ0n) is 2.87. The molecule has 0 radical (unpaired) electrons. The highest BCUT2D eigenvalue weighted by Gasteiger charge is 2.12. The Kier molecular flexibility index (Phi) is 0.580. The normalized spacial score (nSPS) is 36.6. The monoisotopic (exact) mass is 75.0 g/mol. The molecule has 0 saturated carbocycles. The summed E-state index contributed by atoms with van der Waals surface area (Å²) >= 11 is 0. The molecule has 1 saturated heterocycles. The van der Waals surface area contributed by atoms with Gasteiger partial charge in [-0.25, -0.2) is 4.39 Å². The molecule has 0 unspecified atom stereocenters. The Morgan fingerprint density at radius 3 is 2.20 bits per heavy atom. The van der Waals surface area contributed by atoms with Gasteiger partial charge in [-0.15, -0.1) is 0 Å². The molecule has 1 rings (SSSR count). The van der Waals surface area contributed by atoms with Crippen LogP contribution in [0, 0.1) is 0 Å². The number of alkyl halides is 1. The van der Waals surface area contributed by atoms with Crippen LogP contribution in [0.4, 0.5) is 4.39 Å². The van der Waals surface area contributed by atoms with Crippen LogP contribution in [-0.4, -0.2) is 12.8 Å². The van der Waals surface area contributed by atoms with Crippen LogP contribution in [0.25, 0.3) is 0 Å². The fraction of sp³-hybridized carbons (Fsp3) is 1.00. The maximum atomic E-state index is 11.4. The highest BCUT2D eigenvalue weighted by atomic mass is 19.1. The van der Waals surface area contributed by atoms with Gasteiger partial charge in [-0.3, -0.25) is 5.32 Å². The van der Waals surface area contributed by atoms with Crippen LogP contribution in [0.5, 0.6) is 0 Å². The zero-order valence-corrected chi connectivity index (χ0v) is 2.87. The maximum Gasteiger partial charge on any atom is 0.152 e. The average Bonchev–Trinajstić information content (AvgIpc) is 1.30. The number of hydrogen-bond donors (Lipinski definition) is 1. The van der Waals surface area contributed by atoms with Gasteiger partial charge in [0.2, 0.25) is 0 Å². The number of rotatable bonds is 0. The van der Waals surface area contributed by atoms with Gasteiger partial charge in [-0.05, 0) is 0 Å². The minimum atomic E-state index is -0.685. The second kappa shape index (κ2) is 0.937. The molecule has 5 heavy (non-hydrogen) atoms. The molecule has 1 fully saturated rings. The molecular weight excluding hydrogens is 69.0 g/mol. The van der Waals surface area contributed by atoms with Crippen LogP contribution in [-0.2, 0) is 0 Å². The Labute approximate surface area is 30.2 Å². The standard InChI is InChI=1S/C3H6FN/c4-3-1-2-5-3/h3,5H,1-2H2/t3-/m0/s1. The lowest BCUT2D eigenvalue weighted by Gasteiger charge is -2.17. The Morgan fingerprint density at radius 1 is 1.80 bits per heavy atom. The molecule has 1 aliphatic heterocycles. The average molecular weight is 75.1 g/mol. The summed E-state index contributed by atoms with van der Waals surface area (Å²) in [5.74, 6) is 0. The van der Waals surface area contributed by atoms with Crippen molar-refractivity contribution in [1.29, 1.82) is 0 Å². The molecule has 0 aromatic carbocycles. The lowest BCUT2D eigenvalue weighted by Crippen LogP contribution is -2.38. The van der Waals surface area contributed by atoms with E-state index in [1.807, 2.05) is 0 Å². The smallest absolute Gasteiger partial charge is 0.152 e. The summed E-state index contributed by atoms with van der Waals surface area (Å²) in [4.78, 5) is 0. The molecule has 1 atom stereocenters. The van der Waals surface area contributed by atoms with E-state index in [9.17, 15) is 4.39 Å². The Balaban J connectivity index is 2.08. The number of nitrogens with one attached hydrogen (secondary N) is 1. The maximum absolute atomic E-state index is 11.4. The Bertz CT molecular complexity index is 33.9. The minimum Gasteiger partial charge on any atom is -0.288 e. The summed E-state index contributed by atoms with van der Waals surface area (Å²) < 4.78 is 11.4. The van der Waals surface area contributed by atoms with E-state index in [1.165, 1.54) is 0 Å². The van der Waals surface area contributed by atoms with Gasteiger partial charge >= 0.3 is 0 Å². The molecule has 1 heterocycles. The predicted octanol–water partition coefficient (Wildman–Crippen LogP) is 0.275. The van der Waals surface area contributed by atoms with Gasteiger partial charge in [-0.2, -0.15) is 0 Å². The van der Waals surface area contributed by atoms with Crippen molar-refractivity contribution in [3.8, 4) is 0 Å². The van der Waals surface area contributed by atoms with Crippen LogP contribution < -0.4 is 5.32 Å². The predicted molar refractivity (Wildman–Crippen MR) is 17.5 cm³/mol.